The average Bonchev–Trinajstić information content (AvgIpc) is 2.57. The van der Waals surface area contributed by atoms with Gasteiger partial charge in [0.1, 0.15) is 14.2 Å². The van der Waals surface area contributed by atoms with Crippen molar-refractivity contribution in [2.75, 3.05) is 14.2 Å². The van der Waals surface area contributed by atoms with Crippen molar-refractivity contribution in [3.05, 3.63) is 53.7 Å². The molecule has 1 heterocycles. The average molecular weight is 525 g/mol. The molecule has 2 rings (SSSR count). The van der Waals surface area contributed by atoms with Crippen molar-refractivity contribution in [1.82, 2.24) is 4.98 Å². The Morgan fingerprint density at radius 1 is 0.800 bits per heavy atom. The maximum atomic E-state index is 5.75. The zero-order valence-electron chi connectivity index (χ0n) is 16.7. The molecule has 3 nitrogen and oxygen atoms in total. The molecular formula is C21H34IrNO2-2. The van der Waals surface area contributed by atoms with Gasteiger partial charge in [0.2, 0.25) is 0 Å². The van der Waals surface area contributed by atoms with E-state index < -0.39 is 0 Å². The molecule has 0 saturated carbocycles. The molecule has 1 aromatic carbocycles. The number of hydrogen-bond acceptors (Lipinski definition) is 1. The Labute approximate surface area is 166 Å². The van der Waals surface area contributed by atoms with Crippen molar-refractivity contribution in [3.63, 3.8) is 0 Å². The Balaban J connectivity index is 0. The van der Waals surface area contributed by atoms with Crippen LogP contribution in [0.25, 0.3) is 11.3 Å². The predicted octanol–water partition coefficient (Wildman–Crippen LogP) is 3.82. The van der Waals surface area contributed by atoms with E-state index in [4.69, 9.17) is 10.2 Å². The van der Waals surface area contributed by atoms with E-state index in [2.05, 4.69) is 76.9 Å². The fourth-order valence-electron chi connectivity index (χ4n) is 2.13. The normalized spacial score (nSPS) is 10.5. The molecule has 0 radical (unpaired) electrons. The first-order valence-corrected chi connectivity index (χ1v) is 8.17. The molecule has 1 aromatic heterocycles. The Morgan fingerprint density at radius 3 is 1.76 bits per heavy atom. The molecule has 0 aliphatic carbocycles. The first-order valence-electron chi connectivity index (χ1n) is 8.17. The van der Waals surface area contributed by atoms with Gasteiger partial charge in [-0.05, 0) is 28.2 Å². The first kappa shape index (κ1) is 26.2. The van der Waals surface area contributed by atoms with Gasteiger partial charge in [-0.25, -0.2) is 0 Å². The maximum Gasteiger partial charge on any atom is 0.133 e. The second-order valence-corrected chi connectivity index (χ2v) is 7.42. The summed E-state index contributed by atoms with van der Waals surface area (Å²) in [5, 5.41) is 11.5. The third kappa shape index (κ3) is 8.24. The third-order valence-electron chi connectivity index (χ3n) is 3.57. The molecule has 0 fully saturated rings. The van der Waals surface area contributed by atoms with Gasteiger partial charge >= 0.3 is 0 Å². The summed E-state index contributed by atoms with van der Waals surface area (Å²) in [5.74, 6) is 0. The molecule has 0 saturated heterocycles. The number of pyridine rings is 1. The molecule has 0 unspecified atom stereocenters. The number of aromatic nitrogens is 1. The number of hydrogen-bond donors (Lipinski definition) is 0. The number of rotatable bonds is 1. The van der Waals surface area contributed by atoms with Crippen LogP contribution in [-0.4, -0.2) is 29.4 Å². The van der Waals surface area contributed by atoms with E-state index in [0.29, 0.717) is 0 Å². The number of nitrogens with zero attached hydrogens (tertiary/aromatic N) is 1. The molecule has 0 amide bonds. The van der Waals surface area contributed by atoms with Crippen LogP contribution in [0.3, 0.4) is 0 Å². The SMILES string of the molecule is CC(C)(C)c1cc[c-]c(-c2cc(C(C)(C)C)ccn2)c1.C[OH2+].C[OH2+].[Ir-3]. The minimum atomic E-state index is 0. The van der Waals surface area contributed by atoms with Crippen molar-refractivity contribution in [3.8, 4) is 11.3 Å². The Hall–Kier alpha value is -1.06. The van der Waals surface area contributed by atoms with E-state index in [1.54, 1.807) is 0 Å². The second kappa shape index (κ2) is 11.5. The van der Waals surface area contributed by atoms with Crippen LogP contribution in [0.1, 0.15) is 52.7 Å². The predicted molar refractivity (Wildman–Crippen MR) is 105 cm³/mol. The smallest absolute Gasteiger partial charge is 0.133 e. The summed E-state index contributed by atoms with van der Waals surface area (Å²) in [7, 11) is 2.50. The van der Waals surface area contributed by atoms with Gasteiger partial charge in [0.25, 0.3) is 0 Å². The van der Waals surface area contributed by atoms with Gasteiger partial charge in [-0.15, -0.1) is 35.4 Å². The molecule has 2 aromatic rings. The minimum Gasteiger partial charge on any atom is -3.00 e. The molecular weight excluding hydrogens is 490 g/mol. The molecule has 0 atom stereocenters. The second-order valence-electron chi connectivity index (χ2n) is 7.42. The van der Waals surface area contributed by atoms with E-state index in [1.807, 2.05) is 12.3 Å². The zero-order chi connectivity index (χ0) is 19.0. The van der Waals surface area contributed by atoms with Crippen LogP contribution in [0.15, 0.2) is 36.5 Å². The fourth-order valence-corrected chi connectivity index (χ4v) is 2.13. The van der Waals surface area contributed by atoms with Crippen molar-refractivity contribution in [2.24, 2.45) is 0 Å². The maximum absolute atomic E-state index is 5.75. The van der Waals surface area contributed by atoms with E-state index in [-0.39, 0.29) is 30.9 Å². The number of benzene rings is 1. The van der Waals surface area contributed by atoms with Crippen molar-refractivity contribution < 1.29 is 30.3 Å². The van der Waals surface area contributed by atoms with Crippen LogP contribution in [0.2, 0.25) is 0 Å². The van der Waals surface area contributed by atoms with E-state index in [1.165, 1.54) is 25.3 Å². The summed E-state index contributed by atoms with van der Waals surface area (Å²) < 4.78 is 0. The van der Waals surface area contributed by atoms with Crippen LogP contribution in [-0.2, 0) is 30.9 Å². The Morgan fingerprint density at radius 2 is 1.28 bits per heavy atom. The summed E-state index contributed by atoms with van der Waals surface area (Å²) in [4.78, 5) is 4.52. The first-order chi connectivity index (χ1) is 11.2. The molecule has 0 aliphatic heterocycles. The Kier molecular flexibility index (Phi) is 12.1. The Bertz CT molecular complexity index is 558. The zero-order valence-corrected chi connectivity index (χ0v) is 19.1. The van der Waals surface area contributed by atoms with Gasteiger partial charge in [0.15, 0.2) is 0 Å². The minimum absolute atomic E-state index is 0. The van der Waals surface area contributed by atoms with Gasteiger partial charge in [-0.1, -0.05) is 47.6 Å². The van der Waals surface area contributed by atoms with E-state index >= 15 is 0 Å². The fraction of sp³-hybridized carbons (Fsp3) is 0.476. The molecule has 4 heteroatoms. The quantitative estimate of drug-likeness (QED) is 0.413. The molecule has 25 heavy (non-hydrogen) atoms. The molecule has 0 aliphatic rings. The summed E-state index contributed by atoms with van der Waals surface area (Å²) in [6, 6.07) is 13.9. The summed E-state index contributed by atoms with van der Waals surface area (Å²) in [5.41, 5.74) is 4.98. The summed E-state index contributed by atoms with van der Waals surface area (Å²) >= 11 is 0. The van der Waals surface area contributed by atoms with Gasteiger partial charge in [0.05, 0.1) is 0 Å². The van der Waals surface area contributed by atoms with Crippen LogP contribution >= 0.6 is 0 Å². The summed E-state index contributed by atoms with van der Waals surface area (Å²) in [6.07, 6.45) is 1.90. The summed E-state index contributed by atoms with van der Waals surface area (Å²) in [6.45, 7) is 13.4. The van der Waals surface area contributed by atoms with Gasteiger partial charge in [-0.2, -0.15) is 0 Å². The van der Waals surface area contributed by atoms with Gasteiger partial charge in [-0.3, -0.25) is 0 Å². The molecule has 146 valence electrons. The van der Waals surface area contributed by atoms with Gasteiger partial charge < -0.3 is 35.3 Å². The molecule has 4 N–H and O–H groups in total. The van der Waals surface area contributed by atoms with Crippen molar-refractivity contribution in [1.29, 1.82) is 0 Å². The topological polar surface area (TPSA) is 58.7 Å². The monoisotopic (exact) mass is 525 g/mol. The van der Waals surface area contributed by atoms with Gasteiger partial charge in [0, 0.05) is 6.20 Å². The third-order valence-corrected chi connectivity index (χ3v) is 3.57. The van der Waals surface area contributed by atoms with Crippen molar-refractivity contribution >= 4 is 0 Å². The van der Waals surface area contributed by atoms with E-state index in [9.17, 15) is 0 Å². The molecule has 0 bridgehead atoms. The van der Waals surface area contributed by atoms with Crippen molar-refractivity contribution in [2.45, 2.75) is 52.4 Å². The molecule has 0 spiro atoms. The standard InChI is InChI=1S/C19H24N.2CH4O.Ir/c1-18(2,3)15-9-7-8-14(12-15)17-13-16(10-11-20-17)19(4,5)6;2*1-2;/h7,9-13H,1-6H3;2*2H,1H3;/q-1;;;-3/p+2. The van der Waals surface area contributed by atoms with Crippen LogP contribution in [0, 0.1) is 6.07 Å². The largest absolute Gasteiger partial charge is 3.00 e. The van der Waals surface area contributed by atoms with E-state index in [0.717, 1.165) is 11.3 Å². The van der Waals surface area contributed by atoms with Crippen LogP contribution in [0.5, 0.6) is 0 Å². The van der Waals surface area contributed by atoms with Crippen LogP contribution in [0.4, 0.5) is 0 Å². The van der Waals surface area contributed by atoms with Crippen LogP contribution < -0.4 is 0 Å².